The number of aliphatic hydroxyl groups is 1. The fourth-order valence-corrected chi connectivity index (χ4v) is 3.70. The Bertz CT molecular complexity index is 997. The number of aromatic nitrogens is 1. The Kier molecular flexibility index (Phi) is 7.62. The van der Waals surface area contributed by atoms with Gasteiger partial charge in [-0.2, -0.15) is 13.2 Å². The smallest absolute Gasteiger partial charge is 0.417 e. The number of rotatable bonds is 10. The predicted molar refractivity (Wildman–Crippen MR) is 115 cm³/mol. The van der Waals surface area contributed by atoms with Gasteiger partial charge in [0.25, 0.3) is 0 Å². The first-order chi connectivity index (χ1) is 14.8. The maximum absolute atomic E-state index is 14.0. The van der Waals surface area contributed by atoms with Gasteiger partial charge in [-0.15, -0.1) is 0 Å². The molecule has 0 radical (unpaired) electrons. The summed E-state index contributed by atoms with van der Waals surface area (Å²) < 4.78 is 54.1. The summed E-state index contributed by atoms with van der Waals surface area (Å²) in [5.41, 5.74) is 0.816. The zero-order chi connectivity index (χ0) is 22.4. The monoisotopic (exact) mass is 435 g/mol. The summed E-state index contributed by atoms with van der Waals surface area (Å²) in [4.78, 5) is 0. The van der Waals surface area contributed by atoms with E-state index in [9.17, 15) is 18.3 Å². The summed E-state index contributed by atoms with van der Waals surface area (Å²) in [5.74, 6) is 0.0554. The van der Waals surface area contributed by atoms with Crippen LogP contribution < -0.4 is 4.74 Å². The molecule has 0 aliphatic carbocycles. The molecular weight excluding hydrogens is 407 g/mol. The van der Waals surface area contributed by atoms with Crippen LogP contribution in [0.2, 0.25) is 0 Å². The zero-order valence-corrected chi connectivity index (χ0v) is 17.8. The molecule has 31 heavy (non-hydrogen) atoms. The van der Waals surface area contributed by atoms with E-state index in [2.05, 4.69) is 6.92 Å². The second kappa shape index (κ2) is 10.2. The minimum Gasteiger partial charge on any atom is -0.491 e. The molecule has 1 atom stereocenters. The van der Waals surface area contributed by atoms with E-state index in [4.69, 9.17) is 9.47 Å². The van der Waals surface area contributed by atoms with Crippen LogP contribution in [-0.2, 0) is 17.5 Å². The lowest BCUT2D eigenvalue weighted by Gasteiger charge is -2.18. The number of para-hydroxylation sites is 1. The Labute approximate surface area is 180 Å². The molecule has 0 bridgehead atoms. The number of aliphatic hydroxyl groups excluding tert-OH is 1. The lowest BCUT2D eigenvalue weighted by Crippen LogP contribution is -2.22. The van der Waals surface area contributed by atoms with Crippen molar-refractivity contribution in [1.82, 2.24) is 4.57 Å². The van der Waals surface area contributed by atoms with Crippen molar-refractivity contribution in [2.75, 3.05) is 20.3 Å². The molecule has 4 nitrogen and oxygen atoms in total. The highest BCUT2D eigenvalue weighted by atomic mass is 19.4. The first-order valence-electron chi connectivity index (χ1n) is 10.4. The average Bonchev–Trinajstić information content (AvgIpc) is 3.10. The van der Waals surface area contributed by atoms with Gasteiger partial charge < -0.3 is 19.1 Å². The average molecular weight is 435 g/mol. The molecule has 0 saturated carbocycles. The summed E-state index contributed by atoms with van der Waals surface area (Å²) in [7, 11) is 1.43. The van der Waals surface area contributed by atoms with Crippen molar-refractivity contribution in [1.29, 1.82) is 0 Å². The van der Waals surface area contributed by atoms with Gasteiger partial charge in [-0.05, 0) is 36.8 Å². The molecule has 0 aliphatic heterocycles. The predicted octanol–water partition coefficient (Wildman–Crippen LogP) is 5.90. The Balaban J connectivity index is 2.03. The van der Waals surface area contributed by atoms with Crippen molar-refractivity contribution < 1.29 is 27.8 Å². The number of hydrogen-bond acceptors (Lipinski definition) is 3. The maximum atomic E-state index is 14.0. The summed E-state index contributed by atoms with van der Waals surface area (Å²) >= 11 is 0. The third-order valence-electron chi connectivity index (χ3n) is 5.17. The van der Waals surface area contributed by atoms with Crippen LogP contribution in [0.5, 0.6) is 5.75 Å². The fourth-order valence-electron chi connectivity index (χ4n) is 3.70. The zero-order valence-electron chi connectivity index (χ0n) is 17.8. The molecule has 7 heteroatoms. The Morgan fingerprint density at radius 1 is 1.03 bits per heavy atom. The number of nitrogens with zero attached hydrogens (tertiary/aromatic N) is 1. The highest BCUT2D eigenvalue weighted by molar-refractivity contribution is 5.87. The summed E-state index contributed by atoms with van der Waals surface area (Å²) in [6.45, 7) is 2.64. The van der Waals surface area contributed by atoms with Crippen LogP contribution in [0.15, 0.2) is 48.5 Å². The minimum atomic E-state index is -4.55. The van der Waals surface area contributed by atoms with E-state index in [1.165, 1.54) is 19.2 Å². The highest BCUT2D eigenvalue weighted by Gasteiger charge is 2.35. The molecule has 168 valence electrons. The molecule has 1 N–H and O–H groups in total. The van der Waals surface area contributed by atoms with Crippen molar-refractivity contribution in [2.45, 2.75) is 45.0 Å². The van der Waals surface area contributed by atoms with Gasteiger partial charge in [0.05, 0.1) is 12.2 Å². The van der Waals surface area contributed by atoms with Crippen molar-refractivity contribution >= 4 is 10.9 Å². The summed E-state index contributed by atoms with van der Waals surface area (Å²) in [5, 5.41) is 10.6. The number of unbranched alkanes of at least 4 members (excludes halogenated alkanes) is 2. The molecule has 0 amide bonds. The lowest BCUT2D eigenvalue weighted by molar-refractivity contribution is -0.137. The third-order valence-corrected chi connectivity index (χ3v) is 5.17. The van der Waals surface area contributed by atoms with Crippen LogP contribution in [0, 0.1) is 0 Å². The first kappa shape index (κ1) is 23.2. The molecule has 3 rings (SSSR count). The Hall–Kier alpha value is -2.51. The van der Waals surface area contributed by atoms with E-state index in [-0.39, 0.29) is 24.5 Å². The number of aryl methyl sites for hydroxylation is 1. The Morgan fingerprint density at radius 2 is 1.81 bits per heavy atom. The van der Waals surface area contributed by atoms with Gasteiger partial charge >= 0.3 is 6.18 Å². The topological polar surface area (TPSA) is 43.6 Å². The van der Waals surface area contributed by atoms with Crippen LogP contribution in [-0.4, -0.2) is 36.1 Å². The van der Waals surface area contributed by atoms with Gasteiger partial charge in [0.2, 0.25) is 0 Å². The van der Waals surface area contributed by atoms with E-state index >= 15 is 0 Å². The molecule has 1 heterocycles. The van der Waals surface area contributed by atoms with Crippen LogP contribution in [0.25, 0.3) is 22.2 Å². The van der Waals surface area contributed by atoms with Crippen LogP contribution in [0.4, 0.5) is 13.2 Å². The van der Waals surface area contributed by atoms with Crippen molar-refractivity contribution in [3.8, 4) is 17.0 Å². The largest absolute Gasteiger partial charge is 0.491 e. The quantitative estimate of drug-likeness (QED) is 0.403. The molecule has 0 aliphatic rings. The summed E-state index contributed by atoms with van der Waals surface area (Å²) in [6, 6.07) is 13.4. The number of ether oxygens (including phenoxy) is 2. The number of methoxy groups -OCH3 is 1. The van der Waals surface area contributed by atoms with E-state index in [1.54, 1.807) is 0 Å². The molecule has 0 spiro atoms. The fraction of sp³-hybridized carbons (Fsp3) is 0.417. The van der Waals surface area contributed by atoms with Gasteiger partial charge in [-0.1, -0.05) is 38.0 Å². The van der Waals surface area contributed by atoms with Gasteiger partial charge in [0, 0.05) is 35.8 Å². The van der Waals surface area contributed by atoms with Gasteiger partial charge in [-0.25, -0.2) is 0 Å². The van der Waals surface area contributed by atoms with E-state index < -0.39 is 17.8 Å². The number of halogens is 3. The second-order valence-electron chi connectivity index (χ2n) is 7.57. The van der Waals surface area contributed by atoms with Crippen LogP contribution >= 0.6 is 0 Å². The number of alkyl halides is 3. The van der Waals surface area contributed by atoms with Crippen molar-refractivity contribution in [3.05, 3.63) is 54.1 Å². The third kappa shape index (κ3) is 5.60. The number of hydrogen-bond donors (Lipinski definition) is 1. The molecule has 2 aromatic carbocycles. The van der Waals surface area contributed by atoms with Gasteiger partial charge in [-0.3, -0.25) is 0 Å². The molecule has 0 fully saturated rings. The van der Waals surface area contributed by atoms with E-state index in [1.807, 2.05) is 34.9 Å². The lowest BCUT2D eigenvalue weighted by atomic mass is 10.0. The highest BCUT2D eigenvalue weighted by Crippen LogP contribution is 2.41. The van der Waals surface area contributed by atoms with Crippen LogP contribution in [0.1, 0.15) is 31.7 Å². The standard InChI is InChI=1S/C24H28F3NO3/c1-3-4-7-12-28-22-9-6-5-8-17(22)13-23(28)20-11-10-19(14-21(20)24(25,26)27)31-16-18(29)15-30-2/h5-6,8-11,13-14,18,29H,3-4,7,12,15-16H2,1-2H3. The van der Waals surface area contributed by atoms with Crippen LogP contribution in [0.3, 0.4) is 0 Å². The van der Waals surface area contributed by atoms with Crippen molar-refractivity contribution in [2.24, 2.45) is 0 Å². The molecule has 1 unspecified atom stereocenters. The summed E-state index contributed by atoms with van der Waals surface area (Å²) in [6.07, 6.45) is -2.54. The van der Waals surface area contributed by atoms with E-state index in [0.29, 0.717) is 12.2 Å². The maximum Gasteiger partial charge on any atom is 0.417 e. The second-order valence-corrected chi connectivity index (χ2v) is 7.57. The van der Waals surface area contributed by atoms with Gasteiger partial charge in [0.15, 0.2) is 0 Å². The molecule has 3 aromatic rings. The van der Waals surface area contributed by atoms with Crippen molar-refractivity contribution in [3.63, 3.8) is 0 Å². The number of benzene rings is 2. The Morgan fingerprint density at radius 3 is 2.52 bits per heavy atom. The molecule has 1 aromatic heterocycles. The SMILES string of the molecule is CCCCCn1c(-c2ccc(OCC(O)COC)cc2C(F)(F)F)cc2ccccc21. The number of fused-ring (bicyclic) bond motifs is 1. The van der Waals surface area contributed by atoms with E-state index in [0.717, 1.165) is 36.2 Å². The first-order valence-corrected chi connectivity index (χ1v) is 10.4. The normalized spacial score (nSPS) is 13.0. The molecule has 0 saturated heterocycles. The minimum absolute atomic E-state index is 0.0437. The molecular formula is C24H28F3NO3. The van der Waals surface area contributed by atoms with Gasteiger partial charge in [0.1, 0.15) is 18.5 Å².